The van der Waals surface area contributed by atoms with Gasteiger partial charge in [-0.1, -0.05) is 39.8 Å². The number of hydrogen-bond donors (Lipinski definition) is 2. The molecule has 0 fully saturated rings. The van der Waals surface area contributed by atoms with Crippen LogP contribution < -0.4 is 10.2 Å². The van der Waals surface area contributed by atoms with Crippen molar-refractivity contribution in [2.24, 2.45) is 0 Å². The number of aromatic nitrogens is 1. The lowest BCUT2D eigenvalue weighted by Crippen LogP contribution is -2.52. The van der Waals surface area contributed by atoms with Crippen LogP contribution in [0.1, 0.15) is 46.6 Å². The first kappa shape index (κ1) is 23.6. The van der Waals surface area contributed by atoms with Gasteiger partial charge in [0, 0.05) is 18.0 Å². The lowest BCUT2D eigenvalue weighted by atomic mass is 9.80. The molecule has 0 spiro atoms. The Bertz CT molecular complexity index is 778. The Morgan fingerprint density at radius 1 is 1.00 bits per heavy atom. The summed E-state index contributed by atoms with van der Waals surface area (Å²) in [7, 11) is -3.53. The summed E-state index contributed by atoms with van der Waals surface area (Å²) in [5, 5.41) is 18.8. The molecule has 0 aliphatic heterocycles. The standard InChI is InChI=1S/C22H34BNO4Si/c1-8-20(28-29(6,7)21(2,3)4)22(5,17-13-15-24-16-14-17)27-19-11-9-18(10-12-19)23(25)26/h9-16,20,25-26H,8H2,1-7H3/t20-,22+/m1/s1. The number of benzene rings is 1. The maximum atomic E-state index is 9.35. The summed E-state index contributed by atoms with van der Waals surface area (Å²) in [6.45, 7) is 15.4. The van der Waals surface area contributed by atoms with Gasteiger partial charge in [0.05, 0.1) is 6.10 Å². The molecule has 1 aromatic heterocycles. The highest BCUT2D eigenvalue weighted by Crippen LogP contribution is 2.42. The van der Waals surface area contributed by atoms with Crippen LogP contribution in [0.15, 0.2) is 48.8 Å². The zero-order valence-corrected chi connectivity index (χ0v) is 19.6. The van der Waals surface area contributed by atoms with Gasteiger partial charge in [-0.3, -0.25) is 4.98 Å². The number of hydrogen-bond acceptors (Lipinski definition) is 5. The Morgan fingerprint density at radius 2 is 1.55 bits per heavy atom. The van der Waals surface area contributed by atoms with Gasteiger partial charge < -0.3 is 19.2 Å². The van der Waals surface area contributed by atoms with E-state index < -0.39 is 21.0 Å². The topological polar surface area (TPSA) is 71.8 Å². The monoisotopic (exact) mass is 415 g/mol. The SMILES string of the molecule is CC[C@@H](O[Si](C)(C)C(C)(C)C)[C@@](C)(Oc1ccc(B(O)O)cc1)c1ccncc1. The fourth-order valence-electron chi connectivity index (χ4n) is 3.06. The normalized spacial score (nSPS) is 15.5. The minimum absolute atomic E-state index is 0.0818. The predicted molar refractivity (Wildman–Crippen MR) is 121 cm³/mol. The van der Waals surface area contributed by atoms with Crippen LogP contribution in [0, 0.1) is 0 Å². The Hall–Kier alpha value is -1.67. The van der Waals surface area contributed by atoms with Crippen LogP contribution in [0.2, 0.25) is 18.1 Å². The highest BCUT2D eigenvalue weighted by Gasteiger charge is 2.45. The third-order valence-electron chi connectivity index (χ3n) is 5.99. The molecule has 0 unspecified atom stereocenters. The van der Waals surface area contributed by atoms with E-state index in [0.717, 1.165) is 12.0 Å². The first-order valence-electron chi connectivity index (χ1n) is 10.1. The molecule has 2 aromatic rings. The number of pyridine rings is 1. The first-order valence-corrected chi connectivity index (χ1v) is 13.0. The average Bonchev–Trinajstić information content (AvgIpc) is 2.66. The fourth-order valence-corrected chi connectivity index (χ4v) is 4.52. The largest absolute Gasteiger partial charge is 0.488 e. The van der Waals surface area contributed by atoms with Crippen LogP contribution in [0.25, 0.3) is 0 Å². The van der Waals surface area contributed by atoms with Gasteiger partial charge in [0.25, 0.3) is 0 Å². The van der Waals surface area contributed by atoms with Crippen LogP contribution in [0.5, 0.6) is 5.75 Å². The van der Waals surface area contributed by atoms with E-state index in [1.165, 1.54) is 0 Å². The molecule has 0 bridgehead atoms. The van der Waals surface area contributed by atoms with Gasteiger partial charge in [0.1, 0.15) is 5.75 Å². The van der Waals surface area contributed by atoms with E-state index in [1.807, 2.05) is 12.1 Å². The summed E-state index contributed by atoms with van der Waals surface area (Å²) in [4.78, 5) is 4.15. The summed E-state index contributed by atoms with van der Waals surface area (Å²) in [6.07, 6.45) is 4.16. The van der Waals surface area contributed by atoms with E-state index in [9.17, 15) is 10.0 Å². The second-order valence-electron chi connectivity index (χ2n) is 9.16. The minimum Gasteiger partial charge on any atom is -0.480 e. The second-order valence-corrected chi connectivity index (χ2v) is 13.9. The Balaban J connectivity index is 2.44. The summed E-state index contributed by atoms with van der Waals surface area (Å²) >= 11 is 0. The summed E-state index contributed by atoms with van der Waals surface area (Å²) in [6, 6.07) is 10.7. The molecule has 1 aromatic carbocycles. The third-order valence-corrected chi connectivity index (χ3v) is 10.5. The molecule has 2 rings (SSSR count). The molecule has 0 radical (unpaired) electrons. The molecule has 158 valence electrons. The molecule has 0 aliphatic carbocycles. The highest BCUT2D eigenvalue weighted by atomic mass is 28.4. The van der Waals surface area contributed by atoms with Crippen molar-refractivity contribution in [2.45, 2.75) is 70.9 Å². The van der Waals surface area contributed by atoms with Crippen molar-refractivity contribution in [3.8, 4) is 5.75 Å². The maximum Gasteiger partial charge on any atom is 0.488 e. The molecule has 0 aliphatic rings. The van der Waals surface area contributed by atoms with Crippen LogP contribution in [0.3, 0.4) is 0 Å². The number of rotatable bonds is 8. The van der Waals surface area contributed by atoms with E-state index in [-0.39, 0.29) is 11.1 Å². The van der Waals surface area contributed by atoms with Crippen LogP contribution in [-0.2, 0) is 10.0 Å². The quantitative estimate of drug-likeness (QED) is 0.641. The lowest BCUT2D eigenvalue weighted by Gasteiger charge is -2.45. The lowest BCUT2D eigenvalue weighted by molar-refractivity contribution is -0.0403. The minimum atomic E-state index is -2.03. The zero-order chi connectivity index (χ0) is 21.9. The van der Waals surface area contributed by atoms with Gasteiger partial charge in [0.2, 0.25) is 0 Å². The summed E-state index contributed by atoms with van der Waals surface area (Å²) in [5.74, 6) is 0.644. The van der Waals surface area contributed by atoms with Crippen molar-refractivity contribution >= 4 is 20.9 Å². The fraction of sp³-hybridized carbons (Fsp3) is 0.500. The Labute approximate surface area is 176 Å². The van der Waals surface area contributed by atoms with Crippen molar-refractivity contribution in [1.82, 2.24) is 4.98 Å². The molecule has 0 saturated heterocycles. The van der Waals surface area contributed by atoms with E-state index in [2.05, 4.69) is 52.7 Å². The van der Waals surface area contributed by atoms with E-state index >= 15 is 0 Å². The van der Waals surface area contributed by atoms with Crippen molar-refractivity contribution in [3.63, 3.8) is 0 Å². The van der Waals surface area contributed by atoms with E-state index in [0.29, 0.717) is 11.2 Å². The van der Waals surface area contributed by atoms with Crippen LogP contribution >= 0.6 is 0 Å². The first-order chi connectivity index (χ1) is 13.4. The van der Waals surface area contributed by atoms with Crippen molar-refractivity contribution in [3.05, 3.63) is 54.4 Å². The third kappa shape index (κ3) is 5.48. The average molecular weight is 415 g/mol. The van der Waals surface area contributed by atoms with Gasteiger partial charge in [-0.15, -0.1) is 0 Å². The van der Waals surface area contributed by atoms with Gasteiger partial charge in [-0.25, -0.2) is 0 Å². The molecule has 2 N–H and O–H groups in total. The van der Waals surface area contributed by atoms with Crippen LogP contribution in [0.4, 0.5) is 0 Å². The molecule has 7 heteroatoms. The van der Waals surface area contributed by atoms with Crippen LogP contribution in [-0.4, -0.2) is 36.6 Å². The number of ether oxygens (including phenoxy) is 1. The highest BCUT2D eigenvalue weighted by molar-refractivity contribution is 6.74. The van der Waals surface area contributed by atoms with Crippen molar-refractivity contribution in [2.75, 3.05) is 0 Å². The van der Waals surface area contributed by atoms with E-state index in [1.54, 1.807) is 36.7 Å². The van der Waals surface area contributed by atoms with Gasteiger partial charge in [-0.05, 0) is 61.2 Å². The molecule has 1 heterocycles. The van der Waals surface area contributed by atoms with Gasteiger partial charge in [-0.2, -0.15) is 0 Å². The Morgan fingerprint density at radius 3 is 2.00 bits per heavy atom. The Kier molecular flexibility index (Phi) is 7.33. The van der Waals surface area contributed by atoms with E-state index in [4.69, 9.17) is 9.16 Å². The van der Waals surface area contributed by atoms with Crippen molar-refractivity contribution in [1.29, 1.82) is 0 Å². The molecule has 29 heavy (non-hydrogen) atoms. The molecular weight excluding hydrogens is 381 g/mol. The molecule has 0 saturated carbocycles. The zero-order valence-electron chi connectivity index (χ0n) is 18.6. The molecular formula is C22H34BNO4Si. The molecule has 0 amide bonds. The van der Waals surface area contributed by atoms with Gasteiger partial charge >= 0.3 is 7.12 Å². The van der Waals surface area contributed by atoms with Crippen molar-refractivity contribution < 1.29 is 19.2 Å². The number of nitrogens with zero attached hydrogens (tertiary/aromatic N) is 1. The second kappa shape index (κ2) is 9.00. The molecule has 2 atom stereocenters. The summed E-state index contributed by atoms with van der Waals surface area (Å²) in [5.41, 5.74) is 0.684. The predicted octanol–water partition coefficient (Wildman–Crippen LogP) is 3.86. The van der Waals surface area contributed by atoms with Gasteiger partial charge in [0.15, 0.2) is 13.9 Å². The summed E-state index contributed by atoms with van der Waals surface area (Å²) < 4.78 is 13.4. The maximum absolute atomic E-state index is 9.35. The smallest absolute Gasteiger partial charge is 0.480 e. The molecule has 5 nitrogen and oxygen atoms in total.